The molecular formula is C16H23N3O5S. The zero-order valence-electron chi connectivity index (χ0n) is 13.9. The van der Waals surface area contributed by atoms with Gasteiger partial charge >= 0.3 is 5.97 Å². The molecule has 1 amide bonds. The molecule has 0 spiro atoms. The number of fused-ring (bicyclic) bond motifs is 1. The van der Waals surface area contributed by atoms with Gasteiger partial charge in [-0.2, -0.15) is 0 Å². The van der Waals surface area contributed by atoms with Crippen LogP contribution in [0.4, 0.5) is 0 Å². The molecule has 3 rings (SSSR count). The Balaban J connectivity index is 1.69. The van der Waals surface area contributed by atoms with E-state index in [2.05, 4.69) is 5.32 Å². The molecule has 0 aromatic rings. The summed E-state index contributed by atoms with van der Waals surface area (Å²) < 4.78 is 0. The van der Waals surface area contributed by atoms with E-state index >= 15 is 0 Å². The predicted molar refractivity (Wildman–Crippen MR) is 92.3 cm³/mol. The molecule has 9 heteroatoms. The van der Waals surface area contributed by atoms with E-state index in [1.807, 2.05) is 0 Å². The number of carbonyl (C=O) groups is 2. The van der Waals surface area contributed by atoms with Crippen molar-refractivity contribution in [2.75, 3.05) is 13.2 Å². The van der Waals surface area contributed by atoms with Crippen LogP contribution in [0, 0.1) is 11.3 Å². The number of amides is 1. The molecule has 5 N–H and O–H groups in total. The number of nitrogens with one attached hydrogen (secondary N) is 2. The van der Waals surface area contributed by atoms with Gasteiger partial charge in [0.1, 0.15) is 5.70 Å². The van der Waals surface area contributed by atoms with Crippen LogP contribution in [0.1, 0.15) is 26.2 Å². The van der Waals surface area contributed by atoms with Crippen LogP contribution in [0.3, 0.4) is 0 Å². The lowest BCUT2D eigenvalue weighted by molar-refractivity contribution is -0.161. The summed E-state index contributed by atoms with van der Waals surface area (Å²) >= 11 is 1.46. The lowest BCUT2D eigenvalue weighted by Gasteiger charge is -2.44. The number of hydrogen-bond acceptors (Lipinski definition) is 7. The topological polar surface area (TPSA) is 134 Å². The van der Waals surface area contributed by atoms with Gasteiger partial charge in [0.05, 0.1) is 18.1 Å². The van der Waals surface area contributed by atoms with Crippen LogP contribution in [-0.4, -0.2) is 74.4 Å². The summed E-state index contributed by atoms with van der Waals surface area (Å²) in [5, 5.41) is 39.5. The van der Waals surface area contributed by atoms with Crippen LogP contribution in [0.15, 0.2) is 10.6 Å². The predicted octanol–water partition coefficient (Wildman–Crippen LogP) is -0.240. The standard InChI is InChI=1S/C16H23N3O5S/c1-7(21)13-11-5-12(14(16(23)24)19(11)15(13)22)25-8-4-10(18-6-8)9(17)2-3-20/h7-8,10-11,13,17-18,20-21H,2-6H2,1H3,(H,23,24)/t7?,8?,10?,11-,13-/m1/s1. The van der Waals surface area contributed by atoms with E-state index in [1.54, 1.807) is 6.92 Å². The summed E-state index contributed by atoms with van der Waals surface area (Å²) in [7, 11) is 0. The molecular weight excluding hydrogens is 346 g/mol. The van der Waals surface area contributed by atoms with Crippen molar-refractivity contribution in [3.63, 3.8) is 0 Å². The Labute approximate surface area is 149 Å². The zero-order chi connectivity index (χ0) is 18.3. The monoisotopic (exact) mass is 369 g/mol. The van der Waals surface area contributed by atoms with E-state index < -0.39 is 18.0 Å². The molecule has 0 radical (unpaired) electrons. The van der Waals surface area contributed by atoms with Gasteiger partial charge in [-0.1, -0.05) is 0 Å². The minimum absolute atomic E-state index is 0.0470. The van der Waals surface area contributed by atoms with Crippen LogP contribution in [0.2, 0.25) is 0 Å². The molecule has 0 aromatic carbocycles. The van der Waals surface area contributed by atoms with Crippen LogP contribution < -0.4 is 5.32 Å². The number of thioether (sulfide) groups is 1. The van der Waals surface area contributed by atoms with Gasteiger partial charge in [-0.05, 0) is 13.3 Å². The maximum atomic E-state index is 12.2. The molecule has 0 saturated carbocycles. The fourth-order valence-electron chi connectivity index (χ4n) is 3.89. The maximum absolute atomic E-state index is 12.2. The zero-order valence-corrected chi connectivity index (χ0v) is 14.8. The molecule has 0 bridgehead atoms. The van der Waals surface area contributed by atoms with Crippen molar-refractivity contribution in [1.29, 1.82) is 5.41 Å². The van der Waals surface area contributed by atoms with Crippen LogP contribution >= 0.6 is 11.8 Å². The van der Waals surface area contributed by atoms with E-state index in [0.717, 1.165) is 0 Å². The van der Waals surface area contributed by atoms with Crippen LogP contribution in [-0.2, 0) is 9.59 Å². The number of hydrogen-bond donors (Lipinski definition) is 5. The van der Waals surface area contributed by atoms with E-state index in [0.29, 0.717) is 36.4 Å². The number of carbonyl (C=O) groups excluding carboxylic acids is 1. The summed E-state index contributed by atoms with van der Waals surface area (Å²) in [6, 6.07) is -0.359. The largest absolute Gasteiger partial charge is 0.477 e. The van der Waals surface area contributed by atoms with Gasteiger partial charge in [0.2, 0.25) is 5.91 Å². The second-order valence-corrected chi connectivity index (χ2v) is 8.15. The summed E-state index contributed by atoms with van der Waals surface area (Å²) in [6.45, 7) is 2.16. The number of nitrogens with zero attached hydrogens (tertiary/aromatic N) is 1. The van der Waals surface area contributed by atoms with Gasteiger partial charge in [0, 0.05) is 47.9 Å². The second-order valence-electron chi connectivity index (χ2n) is 6.76. The van der Waals surface area contributed by atoms with E-state index in [9.17, 15) is 19.8 Å². The third kappa shape index (κ3) is 3.21. The Morgan fingerprint density at radius 1 is 1.52 bits per heavy atom. The highest BCUT2D eigenvalue weighted by molar-refractivity contribution is 8.03. The summed E-state index contributed by atoms with van der Waals surface area (Å²) in [6.07, 6.45) is 0.698. The molecule has 3 aliphatic rings. The number of carboxylic acid groups (broad SMARTS) is 1. The average Bonchev–Trinajstić information content (AvgIpc) is 3.10. The first-order valence-corrected chi connectivity index (χ1v) is 9.28. The van der Waals surface area contributed by atoms with Crippen molar-refractivity contribution >= 4 is 29.4 Å². The number of aliphatic hydroxyl groups excluding tert-OH is 2. The Morgan fingerprint density at radius 3 is 2.84 bits per heavy atom. The molecule has 5 atom stereocenters. The molecule has 3 unspecified atom stereocenters. The smallest absolute Gasteiger partial charge is 0.353 e. The highest BCUT2D eigenvalue weighted by Crippen LogP contribution is 2.48. The number of aliphatic carboxylic acids is 1. The van der Waals surface area contributed by atoms with Gasteiger partial charge in [-0.15, -0.1) is 11.8 Å². The van der Waals surface area contributed by atoms with Gasteiger partial charge in [0.25, 0.3) is 0 Å². The van der Waals surface area contributed by atoms with Crippen molar-refractivity contribution in [3.05, 3.63) is 10.6 Å². The Bertz CT molecular complexity index is 635. The van der Waals surface area contributed by atoms with Crippen LogP contribution in [0.5, 0.6) is 0 Å². The summed E-state index contributed by atoms with van der Waals surface area (Å²) in [5.74, 6) is -1.96. The molecule has 2 saturated heterocycles. The van der Waals surface area contributed by atoms with Gasteiger partial charge < -0.3 is 30.9 Å². The fraction of sp³-hybridized carbons (Fsp3) is 0.688. The number of carboxylic acids is 1. The van der Waals surface area contributed by atoms with Crippen molar-refractivity contribution < 1.29 is 24.9 Å². The molecule has 138 valence electrons. The molecule has 3 aliphatic heterocycles. The number of β-lactam (4-membered cyclic amide) rings is 1. The third-order valence-electron chi connectivity index (χ3n) is 5.09. The lowest BCUT2D eigenvalue weighted by atomic mass is 9.83. The van der Waals surface area contributed by atoms with Crippen molar-refractivity contribution in [3.8, 4) is 0 Å². The highest BCUT2D eigenvalue weighted by Gasteiger charge is 2.57. The van der Waals surface area contributed by atoms with E-state index in [1.165, 1.54) is 16.7 Å². The molecule has 2 fully saturated rings. The molecule has 25 heavy (non-hydrogen) atoms. The first-order chi connectivity index (χ1) is 11.8. The van der Waals surface area contributed by atoms with Crippen molar-refractivity contribution in [1.82, 2.24) is 10.2 Å². The maximum Gasteiger partial charge on any atom is 0.353 e. The Morgan fingerprint density at radius 2 is 2.24 bits per heavy atom. The fourth-order valence-corrected chi connectivity index (χ4v) is 5.33. The normalized spacial score (nSPS) is 32.6. The minimum atomic E-state index is -1.11. The summed E-state index contributed by atoms with van der Waals surface area (Å²) in [4.78, 5) is 25.8. The minimum Gasteiger partial charge on any atom is -0.477 e. The van der Waals surface area contributed by atoms with Crippen LogP contribution in [0.25, 0.3) is 0 Å². The average molecular weight is 369 g/mol. The van der Waals surface area contributed by atoms with E-state index in [-0.39, 0.29) is 35.5 Å². The van der Waals surface area contributed by atoms with Crippen molar-refractivity contribution in [2.45, 2.75) is 49.6 Å². The third-order valence-corrected chi connectivity index (χ3v) is 6.43. The molecule has 8 nitrogen and oxygen atoms in total. The first kappa shape index (κ1) is 18.4. The number of aliphatic hydroxyl groups is 2. The molecule has 3 heterocycles. The van der Waals surface area contributed by atoms with Crippen molar-refractivity contribution in [2.24, 2.45) is 5.92 Å². The Hall–Kier alpha value is -1.42. The SMILES string of the molecule is CC(O)[C@H]1C(=O)N2C(C(=O)O)=C(SC3CNC(C(=N)CCO)C3)C[C@H]12. The van der Waals surface area contributed by atoms with Gasteiger partial charge in [-0.25, -0.2) is 4.79 Å². The Kier molecular flexibility index (Phi) is 5.19. The highest BCUT2D eigenvalue weighted by atomic mass is 32.2. The second kappa shape index (κ2) is 7.06. The lowest BCUT2D eigenvalue weighted by Crippen LogP contribution is -2.61. The quantitative estimate of drug-likeness (QED) is 0.309. The summed E-state index contributed by atoms with van der Waals surface area (Å²) in [5.41, 5.74) is 0.503. The van der Waals surface area contributed by atoms with E-state index in [4.69, 9.17) is 10.5 Å². The number of rotatable bonds is 7. The first-order valence-electron chi connectivity index (χ1n) is 8.41. The van der Waals surface area contributed by atoms with Gasteiger partial charge in [0.15, 0.2) is 0 Å². The van der Waals surface area contributed by atoms with Gasteiger partial charge in [-0.3, -0.25) is 4.79 Å². The molecule has 0 aliphatic carbocycles. The molecule has 0 aromatic heterocycles.